The fraction of sp³-hybridized carbons (Fsp3) is 0.213. The molecule has 5 N–H and O–H groups in total. The van der Waals surface area contributed by atoms with E-state index in [4.69, 9.17) is 0 Å². The minimum Gasteiger partial charge on any atom is -0.352 e. The number of likely N-dealkylation sites (N-methyl/N-ethyl adjacent to an activating group) is 2. The molecule has 10 aromatic heterocycles. The molecule has 20 rings (SSSR count). The van der Waals surface area contributed by atoms with Crippen molar-refractivity contribution in [2.45, 2.75) is 73.9 Å². The van der Waals surface area contributed by atoms with Crippen LogP contribution in [0.25, 0.3) is 137 Å². The van der Waals surface area contributed by atoms with Gasteiger partial charge in [-0.3, -0.25) is 69.9 Å². The van der Waals surface area contributed by atoms with Crippen LogP contribution in [0.2, 0.25) is 0 Å². The zero-order chi connectivity index (χ0) is 95.4. The Hall–Kier alpha value is -16.1. The van der Waals surface area contributed by atoms with Gasteiger partial charge in [0.2, 0.25) is 0 Å². The molecule has 1 atom stereocenters. The molecule has 20 aromatic rings. The number of carbonyl (C=O) groups excluding carboxylic acids is 5. The molecule has 0 spiro atoms. The van der Waals surface area contributed by atoms with E-state index >= 15 is 0 Å². The molecule has 0 fully saturated rings. The summed E-state index contributed by atoms with van der Waals surface area (Å²) in [7, 11) is 7.88. The number of carbonyl (C=O) groups is 5. The molecule has 10 heterocycles. The highest BCUT2D eigenvalue weighted by atomic mass is 16.2. The van der Waals surface area contributed by atoms with Gasteiger partial charge in [0.05, 0.1) is 82.3 Å². The van der Waals surface area contributed by atoms with Gasteiger partial charge in [-0.05, 0) is 242 Å². The summed E-state index contributed by atoms with van der Waals surface area (Å²) in [6.45, 7) is 21.0. The van der Waals surface area contributed by atoms with Gasteiger partial charge in [-0.2, -0.15) is 0 Å². The Morgan fingerprint density at radius 3 is 0.667 bits per heavy atom. The lowest BCUT2D eigenvalue weighted by atomic mass is 10.0. The van der Waals surface area contributed by atoms with E-state index in [2.05, 4.69) is 70.3 Å². The molecule has 0 aliphatic heterocycles. The SMILES string of the molecule is CC(C)CNC(=O)c1cccn2c(=O)c3cc4ccccc4cc3nc12.CC(C)CNC(=O)c1cccn2c(=O)c3cc4ccccc4cc3nc12.CC(C)CNC(=O)c1cccn2c(=O)c3cc4ccccc4cc3nc12.CN(C)C(C)(C)CNC(=O)c1cccn2c(=O)c3cc4ccccc4cc3nc12.C[C@H](CNC(=O)c1cccn2c(=O)c3cc4ccccc4cc3nc12)N(C)C. The van der Waals surface area contributed by atoms with Gasteiger partial charge in [0.1, 0.15) is 0 Å². The molecule has 0 bridgehead atoms. The standard InChI is InChI=1S/C23H24N4O2.C22H22N4O2.3C21H19N3O2/c1-23(2,26(3)4)14-24-21(28)17-10-7-11-27-20(17)25-19-13-16-9-6-5-8-15(16)12-18(19)22(27)29;1-14(25(2)3)13-23-21(27)17-9-6-10-26-20(17)24-19-12-16-8-5-4-7-15(16)11-18(19)22(26)28;3*1-13(2)12-22-20(25)16-8-5-9-24-19(16)23-18-11-15-7-4-3-6-14(15)10-17(18)21(24)26/h5-13H,14H2,1-4H3,(H,24,28);4-12,14H,13H2,1-3H3,(H,23,27);3*3-11,13H,12H2,1-2H3,(H,22,25)/t;14-;;;/m.1.../s1. The third kappa shape index (κ3) is 19.5. The first-order chi connectivity index (χ1) is 64.9. The average Bonchev–Trinajstić information content (AvgIpc) is 0.771. The molecule has 27 heteroatoms. The van der Waals surface area contributed by atoms with Gasteiger partial charge < -0.3 is 36.4 Å². The Morgan fingerprint density at radius 2 is 0.474 bits per heavy atom. The van der Waals surface area contributed by atoms with Crippen molar-refractivity contribution in [2.24, 2.45) is 17.8 Å². The predicted molar refractivity (Wildman–Crippen MR) is 539 cm³/mol. The van der Waals surface area contributed by atoms with Gasteiger partial charge in [-0.25, -0.2) is 24.9 Å². The van der Waals surface area contributed by atoms with Crippen molar-refractivity contribution in [3.63, 3.8) is 0 Å². The van der Waals surface area contributed by atoms with Crippen LogP contribution in [-0.2, 0) is 0 Å². The largest absolute Gasteiger partial charge is 0.352 e. The minimum absolute atomic E-state index is 0.172. The van der Waals surface area contributed by atoms with Crippen molar-refractivity contribution in [2.75, 3.05) is 60.9 Å². The molecular formula is C108H103N17O10. The second-order valence-corrected chi connectivity index (χ2v) is 36.0. The highest BCUT2D eigenvalue weighted by molar-refractivity contribution is 6.08. The van der Waals surface area contributed by atoms with Gasteiger partial charge in [-0.1, -0.05) is 163 Å². The number of hydrogen-bond acceptors (Lipinski definition) is 17. The molecule has 0 radical (unpaired) electrons. The first-order valence-electron chi connectivity index (χ1n) is 44.8. The third-order valence-electron chi connectivity index (χ3n) is 24.1. The van der Waals surface area contributed by atoms with Crippen LogP contribution >= 0.6 is 0 Å². The number of benzene rings is 10. The molecule has 0 aliphatic rings. The number of nitrogens with zero attached hydrogens (tertiary/aromatic N) is 12. The summed E-state index contributed by atoms with van der Waals surface area (Å²) >= 11 is 0. The fourth-order valence-corrected chi connectivity index (χ4v) is 15.7. The number of hydrogen-bond donors (Lipinski definition) is 5. The van der Waals surface area contributed by atoms with Crippen LogP contribution in [0.4, 0.5) is 0 Å². The van der Waals surface area contributed by atoms with E-state index in [1.807, 2.05) is 264 Å². The van der Waals surface area contributed by atoms with Gasteiger partial charge in [0.25, 0.3) is 57.3 Å². The van der Waals surface area contributed by atoms with Crippen molar-refractivity contribution in [1.82, 2.24) is 83.3 Å². The van der Waals surface area contributed by atoms with E-state index in [1.54, 1.807) is 91.6 Å². The van der Waals surface area contributed by atoms with Crippen molar-refractivity contribution < 1.29 is 24.0 Å². The summed E-state index contributed by atoms with van der Waals surface area (Å²) in [5.74, 6) is -0.106. The maximum Gasteiger partial charge on any atom is 0.265 e. The summed E-state index contributed by atoms with van der Waals surface area (Å²) in [4.78, 5) is 156. The van der Waals surface area contributed by atoms with E-state index in [-0.39, 0.29) is 68.9 Å². The highest BCUT2D eigenvalue weighted by Gasteiger charge is 2.26. The van der Waals surface area contributed by atoms with Crippen molar-refractivity contribution >= 4 is 166 Å². The van der Waals surface area contributed by atoms with Crippen LogP contribution in [0.5, 0.6) is 0 Å². The Bertz CT molecular complexity index is 8010. The third-order valence-corrected chi connectivity index (χ3v) is 24.1. The number of fused-ring (bicyclic) bond motifs is 15. The summed E-state index contributed by atoms with van der Waals surface area (Å²) in [5.41, 5.74) is 5.72. The maximum absolute atomic E-state index is 13.1. The Kier molecular flexibility index (Phi) is 26.7. The van der Waals surface area contributed by atoms with Crippen LogP contribution in [0.15, 0.2) is 298 Å². The summed E-state index contributed by atoms with van der Waals surface area (Å²) < 4.78 is 7.23. The van der Waals surface area contributed by atoms with E-state index in [9.17, 15) is 47.9 Å². The molecule has 10 aromatic carbocycles. The van der Waals surface area contributed by atoms with Crippen molar-refractivity contribution in [3.8, 4) is 0 Å². The average molecular weight is 1800 g/mol. The number of aromatic nitrogens is 10. The van der Waals surface area contributed by atoms with Crippen LogP contribution in [0.3, 0.4) is 0 Å². The molecular weight excluding hydrogens is 1700 g/mol. The van der Waals surface area contributed by atoms with Gasteiger partial charge in [0, 0.05) is 75.3 Å². The second-order valence-electron chi connectivity index (χ2n) is 36.0. The van der Waals surface area contributed by atoms with Crippen LogP contribution in [0.1, 0.15) is 114 Å². The number of rotatable bonds is 17. The summed E-state index contributed by atoms with van der Waals surface area (Å²) in [6.07, 6.45) is 8.26. The Balaban J connectivity index is 0.000000123. The monoisotopic (exact) mass is 1800 g/mol. The number of nitrogens with one attached hydrogen (secondary N) is 5. The Labute approximate surface area is 774 Å². The van der Waals surface area contributed by atoms with Crippen LogP contribution in [-0.4, -0.2) is 159 Å². The van der Waals surface area contributed by atoms with E-state index in [0.717, 1.165) is 53.9 Å². The van der Waals surface area contributed by atoms with Gasteiger partial charge in [0.15, 0.2) is 28.2 Å². The molecule has 0 saturated heterocycles. The van der Waals surface area contributed by atoms with E-state index < -0.39 is 0 Å². The maximum atomic E-state index is 13.1. The van der Waals surface area contributed by atoms with Crippen LogP contribution < -0.4 is 54.4 Å². The quantitative estimate of drug-likeness (QED) is 0.0529. The first-order valence-corrected chi connectivity index (χ1v) is 44.8. The van der Waals surface area contributed by atoms with Gasteiger partial charge in [-0.15, -0.1) is 0 Å². The molecule has 5 amide bonds. The lowest BCUT2D eigenvalue weighted by Gasteiger charge is -2.32. The smallest absolute Gasteiger partial charge is 0.265 e. The molecule has 27 nitrogen and oxygen atoms in total. The number of pyridine rings is 5. The molecule has 135 heavy (non-hydrogen) atoms. The van der Waals surface area contributed by atoms with E-state index in [1.165, 1.54) is 22.0 Å². The van der Waals surface area contributed by atoms with Crippen LogP contribution in [0, 0.1) is 17.8 Å². The molecule has 0 saturated carbocycles. The summed E-state index contributed by atoms with van der Waals surface area (Å²) in [6, 6.07) is 75.2. The normalized spacial score (nSPS) is 11.9. The first kappa shape index (κ1) is 92.2. The topological polar surface area (TPSA) is 324 Å². The molecule has 680 valence electrons. The van der Waals surface area contributed by atoms with E-state index in [0.29, 0.717) is 161 Å². The number of amides is 5. The zero-order valence-corrected chi connectivity index (χ0v) is 77.3. The second kappa shape index (κ2) is 39.1. The molecule has 0 unspecified atom stereocenters. The predicted octanol–water partition coefficient (Wildman–Crippen LogP) is 15.9. The van der Waals surface area contributed by atoms with Gasteiger partial charge >= 0.3 is 0 Å². The lowest BCUT2D eigenvalue weighted by molar-refractivity contribution is 0.0916. The Morgan fingerprint density at radius 1 is 0.281 bits per heavy atom. The van der Waals surface area contributed by atoms with Crippen molar-refractivity contribution in [1.29, 1.82) is 0 Å². The zero-order valence-electron chi connectivity index (χ0n) is 77.3. The highest BCUT2D eigenvalue weighted by Crippen LogP contribution is 2.28. The fourth-order valence-electron chi connectivity index (χ4n) is 15.7. The molecule has 0 aliphatic carbocycles. The van der Waals surface area contributed by atoms with Crippen molar-refractivity contribution in [3.05, 3.63) is 353 Å². The minimum atomic E-state index is -0.245. The summed E-state index contributed by atoms with van der Waals surface area (Å²) in [5, 5.41) is 27.3. The lowest BCUT2D eigenvalue weighted by Crippen LogP contribution is -2.48.